The number of fused-ring (bicyclic) bond motifs is 1. The van der Waals surface area contributed by atoms with Crippen LogP contribution in [0.1, 0.15) is 24.3 Å². The van der Waals surface area contributed by atoms with E-state index in [4.69, 9.17) is 10.5 Å². The minimum Gasteiger partial charge on any atom is -0.492 e. The Hall–Kier alpha value is -3.02. The summed E-state index contributed by atoms with van der Waals surface area (Å²) in [6.07, 6.45) is 1.48. The number of carbonyl (C=O) groups is 2. The number of piperidine rings is 1. The predicted octanol–water partition coefficient (Wildman–Crippen LogP) is 2.50. The number of carbonyl (C=O) groups excluding carboxylic acids is 2. The van der Waals surface area contributed by atoms with Gasteiger partial charge >= 0.3 is 0 Å². The van der Waals surface area contributed by atoms with Gasteiger partial charge in [0.15, 0.2) is 0 Å². The summed E-state index contributed by atoms with van der Waals surface area (Å²) in [5, 5.41) is 3.07. The maximum atomic E-state index is 12.9. The fraction of sp³-hybridized carbons (Fsp3) is 0.333. The van der Waals surface area contributed by atoms with Gasteiger partial charge in [-0.1, -0.05) is 30.3 Å². The van der Waals surface area contributed by atoms with Gasteiger partial charge in [-0.15, -0.1) is 0 Å². The molecule has 6 heteroatoms. The molecule has 27 heavy (non-hydrogen) atoms. The van der Waals surface area contributed by atoms with Crippen LogP contribution in [0.4, 0.5) is 11.4 Å². The van der Waals surface area contributed by atoms with Crippen molar-refractivity contribution in [2.75, 3.05) is 29.9 Å². The van der Waals surface area contributed by atoms with E-state index in [1.54, 1.807) is 0 Å². The van der Waals surface area contributed by atoms with Crippen LogP contribution in [-0.4, -0.2) is 31.5 Å². The molecule has 0 bridgehead atoms. The Kier molecular flexibility index (Phi) is 4.71. The zero-order valence-corrected chi connectivity index (χ0v) is 15.1. The molecule has 2 aliphatic heterocycles. The molecule has 3 N–H and O–H groups in total. The largest absolute Gasteiger partial charge is 0.492 e. The molecule has 1 unspecified atom stereocenters. The van der Waals surface area contributed by atoms with Crippen molar-refractivity contribution in [2.24, 2.45) is 11.7 Å². The van der Waals surface area contributed by atoms with Crippen molar-refractivity contribution < 1.29 is 14.3 Å². The highest BCUT2D eigenvalue weighted by atomic mass is 16.5. The van der Waals surface area contributed by atoms with E-state index in [1.165, 1.54) is 0 Å². The van der Waals surface area contributed by atoms with Crippen LogP contribution in [0.25, 0.3) is 0 Å². The molecule has 0 aliphatic carbocycles. The summed E-state index contributed by atoms with van der Waals surface area (Å²) in [6.45, 7) is 1.85. The number of primary amides is 1. The number of nitrogens with two attached hydrogens (primary N) is 1. The Bertz CT molecular complexity index is 859. The molecule has 2 aliphatic rings. The van der Waals surface area contributed by atoms with Crippen LogP contribution in [0.3, 0.4) is 0 Å². The summed E-state index contributed by atoms with van der Waals surface area (Å²) in [5.41, 5.74) is 8.11. The van der Waals surface area contributed by atoms with Gasteiger partial charge in [0, 0.05) is 24.6 Å². The molecule has 1 fully saturated rings. The molecule has 0 spiro atoms. The van der Waals surface area contributed by atoms with Crippen LogP contribution in [0, 0.1) is 5.92 Å². The molecule has 140 valence electrons. The zero-order valence-electron chi connectivity index (χ0n) is 15.1. The van der Waals surface area contributed by atoms with Crippen LogP contribution >= 0.6 is 0 Å². The van der Waals surface area contributed by atoms with Gasteiger partial charge < -0.3 is 20.7 Å². The minimum absolute atomic E-state index is 0.0601. The van der Waals surface area contributed by atoms with Crippen LogP contribution in [0.5, 0.6) is 5.75 Å². The van der Waals surface area contributed by atoms with E-state index in [0.29, 0.717) is 6.61 Å². The number of nitrogens with zero attached hydrogens (tertiary/aromatic N) is 1. The molecule has 6 nitrogen and oxygen atoms in total. The molecule has 1 saturated heterocycles. The molecule has 4 rings (SSSR count). The summed E-state index contributed by atoms with van der Waals surface area (Å²) < 4.78 is 5.64. The first-order chi connectivity index (χ1) is 13.1. The highest BCUT2D eigenvalue weighted by Crippen LogP contribution is 2.35. The minimum atomic E-state index is -0.310. The normalized spacial score (nSPS) is 19.3. The molecule has 2 amide bonds. The number of benzene rings is 2. The fourth-order valence-electron chi connectivity index (χ4n) is 3.86. The third kappa shape index (κ3) is 3.47. The first-order valence-electron chi connectivity index (χ1n) is 9.29. The lowest BCUT2D eigenvalue weighted by Crippen LogP contribution is -2.39. The van der Waals surface area contributed by atoms with E-state index in [-0.39, 0.29) is 23.7 Å². The highest BCUT2D eigenvalue weighted by molar-refractivity contribution is 5.99. The van der Waals surface area contributed by atoms with Crippen molar-refractivity contribution in [1.29, 1.82) is 0 Å². The van der Waals surface area contributed by atoms with Gasteiger partial charge in [0.1, 0.15) is 18.3 Å². The summed E-state index contributed by atoms with van der Waals surface area (Å²) in [6, 6.07) is 15.4. The van der Waals surface area contributed by atoms with E-state index in [9.17, 15) is 9.59 Å². The summed E-state index contributed by atoms with van der Waals surface area (Å²) in [4.78, 5) is 26.5. The Morgan fingerprint density at radius 2 is 1.74 bits per heavy atom. The third-order valence-electron chi connectivity index (χ3n) is 5.42. The van der Waals surface area contributed by atoms with Crippen molar-refractivity contribution >= 4 is 23.2 Å². The lowest BCUT2D eigenvalue weighted by molar-refractivity contribution is -0.122. The van der Waals surface area contributed by atoms with Crippen molar-refractivity contribution in [2.45, 2.75) is 18.8 Å². The van der Waals surface area contributed by atoms with Gasteiger partial charge in [-0.25, -0.2) is 0 Å². The first kappa shape index (κ1) is 17.4. The van der Waals surface area contributed by atoms with Gasteiger partial charge in [0.05, 0.1) is 11.4 Å². The van der Waals surface area contributed by atoms with Crippen LogP contribution in [0.15, 0.2) is 48.5 Å². The van der Waals surface area contributed by atoms with Crippen LogP contribution in [-0.2, 0) is 9.59 Å². The number of amides is 2. The van der Waals surface area contributed by atoms with E-state index >= 15 is 0 Å². The van der Waals surface area contributed by atoms with Gasteiger partial charge in [-0.2, -0.15) is 0 Å². The Labute approximate surface area is 158 Å². The molecule has 2 aromatic rings. The molecule has 1 atom stereocenters. The number of hydrogen-bond acceptors (Lipinski definition) is 4. The van der Waals surface area contributed by atoms with Crippen molar-refractivity contribution in [3.8, 4) is 5.75 Å². The van der Waals surface area contributed by atoms with E-state index < -0.39 is 0 Å². The predicted molar refractivity (Wildman–Crippen MR) is 104 cm³/mol. The number of ether oxygens (including phenoxy) is 1. The van der Waals surface area contributed by atoms with E-state index in [2.05, 4.69) is 10.2 Å². The molecular formula is C21H23N3O3. The molecule has 0 saturated carbocycles. The standard InChI is InChI=1S/C21H23N3O3/c22-20(25)14-9-11-24(12-10-14)18-7-3-2-6-17(18)23-21(26)16-13-27-19-8-4-1-5-15(16)19/h1-8,14,16H,9-13H2,(H2,22,25)(H,23,26). The number of nitrogens with one attached hydrogen (secondary N) is 1. The topological polar surface area (TPSA) is 84.7 Å². The lowest BCUT2D eigenvalue weighted by Gasteiger charge is -2.33. The first-order valence-corrected chi connectivity index (χ1v) is 9.29. The monoisotopic (exact) mass is 365 g/mol. The van der Waals surface area contributed by atoms with Gasteiger partial charge in [0.2, 0.25) is 11.8 Å². The third-order valence-corrected chi connectivity index (χ3v) is 5.42. The van der Waals surface area contributed by atoms with Gasteiger partial charge in [-0.05, 0) is 31.0 Å². The fourth-order valence-corrected chi connectivity index (χ4v) is 3.86. The second-order valence-corrected chi connectivity index (χ2v) is 7.07. The zero-order chi connectivity index (χ0) is 18.8. The molecule has 2 aromatic carbocycles. The van der Waals surface area contributed by atoms with Crippen LogP contribution in [0.2, 0.25) is 0 Å². The lowest BCUT2D eigenvalue weighted by atomic mass is 9.95. The van der Waals surface area contributed by atoms with Crippen molar-refractivity contribution in [3.63, 3.8) is 0 Å². The highest BCUT2D eigenvalue weighted by Gasteiger charge is 2.31. The van der Waals surface area contributed by atoms with E-state index in [0.717, 1.165) is 48.6 Å². The van der Waals surface area contributed by atoms with Crippen molar-refractivity contribution in [3.05, 3.63) is 54.1 Å². The number of hydrogen-bond donors (Lipinski definition) is 2. The molecule has 0 radical (unpaired) electrons. The second kappa shape index (κ2) is 7.31. The van der Waals surface area contributed by atoms with E-state index in [1.807, 2.05) is 48.5 Å². The molecular weight excluding hydrogens is 342 g/mol. The Morgan fingerprint density at radius 1 is 1.04 bits per heavy atom. The average Bonchev–Trinajstić information content (AvgIpc) is 3.13. The summed E-state index contributed by atoms with van der Waals surface area (Å²) >= 11 is 0. The summed E-state index contributed by atoms with van der Waals surface area (Å²) in [5.74, 6) is 0.111. The maximum Gasteiger partial charge on any atom is 0.235 e. The second-order valence-electron chi connectivity index (χ2n) is 7.07. The molecule has 0 aromatic heterocycles. The van der Waals surface area contributed by atoms with Crippen molar-refractivity contribution in [1.82, 2.24) is 0 Å². The quantitative estimate of drug-likeness (QED) is 0.872. The van der Waals surface area contributed by atoms with Gasteiger partial charge in [-0.3, -0.25) is 9.59 Å². The van der Waals surface area contributed by atoms with Gasteiger partial charge in [0.25, 0.3) is 0 Å². The SMILES string of the molecule is NC(=O)C1CCN(c2ccccc2NC(=O)C2COc3ccccc32)CC1. The Morgan fingerprint density at radius 3 is 2.52 bits per heavy atom. The van der Waals surface area contributed by atoms with Crippen LogP contribution < -0.4 is 20.7 Å². The number of rotatable bonds is 4. The molecule has 2 heterocycles. The number of para-hydroxylation sites is 3. The maximum absolute atomic E-state index is 12.9. The number of anilines is 2. The smallest absolute Gasteiger partial charge is 0.235 e. The average molecular weight is 365 g/mol. The summed E-state index contributed by atoms with van der Waals surface area (Å²) in [7, 11) is 0. The Balaban J connectivity index is 1.49.